The summed E-state index contributed by atoms with van der Waals surface area (Å²) in [5, 5.41) is 11.5. The van der Waals surface area contributed by atoms with E-state index < -0.39 is 46.4 Å². The number of anilines is 1. The van der Waals surface area contributed by atoms with Crippen LogP contribution in [0, 0.1) is 0 Å². The highest BCUT2D eigenvalue weighted by molar-refractivity contribution is 6.31. The minimum absolute atomic E-state index is 0. The van der Waals surface area contributed by atoms with Crippen molar-refractivity contribution >= 4 is 23.2 Å². The lowest BCUT2D eigenvalue weighted by atomic mass is 10.1. The zero-order valence-electron chi connectivity index (χ0n) is 12.5. The summed E-state index contributed by atoms with van der Waals surface area (Å²) in [4.78, 5) is 12.0. The number of carbonyl (C=O) groups is 1. The monoisotopic (exact) mass is 401 g/mol. The van der Waals surface area contributed by atoms with Gasteiger partial charge in [0.25, 0.3) is 5.91 Å². The van der Waals surface area contributed by atoms with Gasteiger partial charge in [0, 0.05) is 10.7 Å². The van der Waals surface area contributed by atoms with Crippen molar-refractivity contribution < 1.29 is 41.7 Å². The van der Waals surface area contributed by atoms with Gasteiger partial charge in [-0.25, -0.2) is 0 Å². The van der Waals surface area contributed by atoms with Crippen LogP contribution in [-0.2, 0) is 12.4 Å². The predicted molar refractivity (Wildman–Crippen MR) is 81.1 cm³/mol. The smallest absolute Gasteiger partial charge is 0.416 e. The number of rotatable bonds is 2. The first-order valence-electron chi connectivity index (χ1n) is 6.47. The van der Waals surface area contributed by atoms with Crippen molar-refractivity contribution in [2.45, 2.75) is 12.4 Å². The van der Waals surface area contributed by atoms with Crippen LogP contribution in [0.1, 0.15) is 21.5 Å². The zero-order chi connectivity index (χ0) is 19.0. The van der Waals surface area contributed by atoms with Gasteiger partial charge in [0.15, 0.2) is 0 Å². The van der Waals surface area contributed by atoms with E-state index >= 15 is 0 Å². The topological polar surface area (TPSA) is 80.8 Å². The Morgan fingerprint density at radius 1 is 0.923 bits per heavy atom. The minimum atomic E-state index is -5.04. The van der Waals surface area contributed by atoms with Crippen LogP contribution in [0.5, 0.6) is 5.75 Å². The normalized spacial score (nSPS) is 11.7. The van der Waals surface area contributed by atoms with Crippen LogP contribution in [0.25, 0.3) is 0 Å². The minimum Gasteiger partial charge on any atom is -0.507 e. The number of amides is 1. The quantitative estimate of drug-likeness (QED) is 0.726. The van der Waals surface area contributed by atoms with E-state index in [1.165, 1.54) is 6.07 Å². The summed E-state index contributed by atoms with van der Waals surface area (Å²) in [5.74, 6) is -1.66. The summed E-state index contributed by atoms with van der Waals surface area (Å²) in [6, 6.07) is 3.98. The molecule has 4 nitrogen and oxygen atoms in total. The van der Waals surface area contributed by atoms with E-state index in [0.717, 1.165) is 12.1 Å². The third kappa shape index (κ3) is 5.02. The fraction of sp³-hybridized carbons (Fsp3) is 0.133. The first-order chi connectivity index (χ1) is 11.4. The molecule has 26 heavy (non-hydrogen) atoms. The number of benzene rings is 2. The van der Waals surface area contributed by atoms with Crippen molar-refractivity contribution in [3.8, 4) is 5.75 Å². The fourth-order valence-corrected chi connectivity index (χ4v) is 2.09. The molecule has 0 bridgehead atoms. The largest absolute Gasteiger partial charge is 0.507 e. The summed E-state index contributed by atoms with van der Waals surface area (Å²) in [5.41, 5.74) is -4.29. The number of carbonyl (C=O) groups excluding carboxylic acids is 1. The van der Waals surface area contributed by atoms with Crippen molar-refractivity contribution in [1.29, 1.82) is 0 Å². The lowest BCUT2D eigenvalue weighted by Gasteiger charge is -2.15. The number of hydrogen-bond acceptors (Lipinski definition) is 2. The number of aromatic hydroxyl groups is 1. The molecule has 0 saturated heterocycles. The van der Waals surface area contributed by atoms with Gasteiger partial charge < -0.3 is 15.9 Å². The van der Waals surface area contributed by atoms with Crippen LogP contribution in [0.2, 0.25) is 5.02 Å². The third-order valence-corrected chi connectivity index (χ3v) is 3.28. The Labute approximate surface area is 147 Å². The van der Waals surface area contributed by atoms with Crippen molar-refractivity contribution in [2.24, 2.45) is 0 Å². The van der Waals surface area contributed by atoms with Gasteiger partial charge in [0.2, 0.25) is 0 Å². The average molecular weight is 402 g/mol. The molecule has 0 spiro atoms. The maximum absolute atomic E-state index is 12.8. The predicted octanol–water partition coefficient (Wildman–Crippen LogP) is 4.51. The Kier molecular flexibility index (Phi) is 6.16. The molecule has 11 heteroatoms. The SMILES string of the molecule is O.O=C(Nc1cc(C(F)(F)F)cc(C(F)(F)F)c1)c1cc(Cl)ccc1O. The number of phenolic OH excluding ortho intramolecular Hbond substituents is 1. The molecule has 0 unspecified atom stereocenters. The molecule has 0 radical (unpaired) electrons. The Bertz CT molecular complexity index is 788. The molecule has 0 aromatic heterocycles. The van der Waals surface area contributed by atoms with Crippen LogP contribution in [-0.4, -0.2) is 16.5 Å². The first kappa shape index (κ1) is 21.6. The molecule has 1 amide bonds. The lowest BCUT2D eigenvalue weighted by Crippen LogP contribution is -2.16. The number of phenols is 1. The fourth-order valence-electron chi connectivity index (χ4n) is 1.92. The van der Waals surface area contributed by atoms with Crippen LogP contribution in [0.3, 0.4) is 0 Å². The molecule has 4 N–H and O–H groups in total. The Morgan fingerprint density at radius 2 is 1.42 bits per heavy atom. The summed E-state index contributed by atoms with van der Waals surface area (Å²) in [6.45, 7) is 0. The van der Waals surface area contributed by atoms with Crippen molar-refractivity contribution in [1.82, 2.24) is 0 Å². The van der Waals surface area contributed by atoms with Crippen LogP contribution in [0.15, 0.2) is 36.4 Å². The number of nitrogens with one attached hydrogen (secondary N) is 1. The van der Waals surface area contributed by atoms with E-state index in [1.807, 2.05) is 5.32 Å². The molecule has 2 aromatic rings. The molecule has 0 heterocycles. The summed E-state index contributed by atoms with van der Waals surface area (Å²) >= 11 is 5.65. The van der Waals surface area contributed by atoms with Crippen molar-refractivity contribution in [3.05, 3.63) is 58.1 Å². The summed E-state index contributed by atoms with van der Waals surface area (Å²) < 4.78 is 76.7. The van der Waals surface area contributed by atoms with Crippen LogP contribution >= 0.6 is 11.6 Å². The number of halogens is 7. The molecule has 2 aromatic carbocycles. The molecular weight excluding hydrogens is 392 g/mol. The number of alkyl halides is 6. The Balaban J connectivity index is 0.00000338. The van der Waals surface area contributed by atoms with Gasteiger partial charge in [-0.15, -0.1) is 0 Å². The van der Waals surface area contributed by atoms with E-state index in [9.17, 15) is 36.2 Å². The van der Waals surface area contributed by atoms with E-state index in [2.05, 4.69) is 0 Å². The molecule has 0 atom stereocenters. The summed E-state index contributed by atoms with van der Waals surface area (Å²) in [6.07, 6.45) is -10.1. The highest BCUT2D eigenvalue weighted by atomic mass is 35.5. The zero-order valence-corrected chi connectivity index (χ0v) is 13.2. The second-order valence-corrected chi connectivity index (χ2v) is 5.35. The highest BCUT2D eigenvalue weighted by Crippen LogP contribution is 2.37. The molecule has 0 aliphatic heterocycles. The van der Waals surface area contributed by atoms with Crippen molar-refractivity contribution in [3.63, 3.8) is 0 Å². The molecular formula is C15H10ClF6NO3. The standard InChI is InChI=1S/C15H8ClF6NO2.H2O/c16-9-1-2-12(24)11(6-9)13(25)23-10-4-7(14(17,18)19)3-8(5-10)15(20,21)22;/h1-6,24H,(H,23,25);1H2. The molecule has 0 fully saturated rings. The molecule has 142 valence electrons. The van der Waals surface area contributed by atoms with Gasteiger partial charge in [0.05, 0.1) is 16.7 Å². The first-order valence-corrected chi connectivity index (χ1v) is 6.85. The van der Waals surface area contributed by atoms with Gasteiger partial charge in [0.1, 0.15) is 5.75 Å². The van der Waals surface area contributed by atoms with Crippen LogP contribution < -0.4 is 5.32 Å². The molecule has 0 aliphatic carbocycles. The van der Waals surface area contributed by atoms with E-state index in [1.54, 1.807) is 0 Å². The highest BCUT2D eigenvalue weighted by Gasteiger charge is 2.37. The van der Waals surface area contributed by atoms with Gasteiger partial charge in [-0.3, -0.25) is 4.79 Å². The maximum atomic E-state index is 12.8. The van der Waals surface area contributed by atoms with Gasteiger partial charge in [-0.1, -0.05) is 11.6 Å². The van der Waals surface area contributed by atoms with Gasteiger partial charge in [-0.2, -0.15) is 26.3 Å². The van der Waals surface area contributed by atoms with Gasteiger partial charge >= 0.3 is 12.4 Å². The third-order valence-electron chi connectivity index (χ3n) is 3.05. The van der Waals surface area contributed by atoms with E-state index in [4.69, 9.17) is 11.6 Å². The second kappa shape index (κ2) is 7.42. The van der Waals surface area contributed by atoms with E-state index in [0.29, 0.717) is 12.1 Å². The molecule has 0 aliphatic rings. The Hall–Kier alpha value is -2.46. The molecule has 2 rings (SSSR count). The van der Waals surface area contributed by atoms with E-state index in [-0.39, 0.29) is 16.6 Å². The Morgan fingerprint density at radius 3 is 1.88 bits per heavy atom. The lowest BCUT2D eigenvalue weighted by molar-refractivity contribution is -0.143. The maximum Gasteiger partial charge on any atom is 0.416 e. The summed E-state index contributed by atoms with van der Waals surface area (Å²) in [7, 11) is 0. The van der Waals surface area contributed by atoms with Gasteiger partial charge in [-0.05, 0) is 36.4 Å². The van der Waals surface area contributed by atoms with Crippen molar-refractivity contribution in [2.75, 3.05) is 5.32 Å². The number of hydrogen-bond donors (Lipinski definition) is 2. The van der Waals surface area contributed by atoms with Crippen LogP contribution in [0.4, 0.5) is 32.0 Å². The second-order valence-electron chi connectivity index (χ2n) is 4.91. The average Bonchev–Trinajstić information content (AvgIpc) is 2.47. The molecule has 0 saturated carbocycles.